The quantitative estimate of drug-likeness (QED) is 0.475. The molecule has 0 atom stereocenters. The van der Waals surface area contributed by atoms with Crippen LogP contribution in [0.15, 0.2) is 39.9 Å². The Labute approximate surface area is 180 Å². The molecule has 1 aromatic carbocycles. The Kier molecular flexibility index (Phi) is 5.12. The van der Waals surface area contributed by atoms with Crippen LogP contribution in [0.1, 0.15) is 41.3 Å². The van der Waals surface area contributed by atoms with E-state index in [9.17, 15) is 14.4 Å². The monoisotopic (exact) mass is 442 g/mol. The second-order valence-electron chi connectivity index (χ2n) is 6.71. The molecule has 0 bridgehead atoms. The van der Waals surface area contributed by atoms with Crippen LogP contribution in [0.3, 0.4) is 0 Å². The van der Waals surface area contributed by atoms with Gasteiger partial charge in [-0.05, 0) is 38.3 Å². The molecule has 0 saturated heterocycles. The van der Waals surface area contributed by atoms with Gasteiger partial charge in [0.15, 0.2) is 15.3 Å². The van der Waals surface area contributed by atoms with Crippen LogP contribution in [-0.2, 0) is 13.1 Å². The number of Topliss-reactive ketones (excluding diaryl/α,β-unsaturated/α-hetero) is 1. The minimum absolute atomic E-state index is 0.0528. The Bertz CT molecular complexity index is 1320. The minimum atomic E-state index is -1.17. The second-order valence-corrected chi connectivity index (χ2v) is 7.48. The predicted octanol–water partition coefficient (Wildman–Crippen LogP) is 3.29. The third-order valence-electron chi connectivity index (χ3n) is 5.10. The number of aromatic nitrogens is 4. The first kappa shape index (κ1) is 20.2. The Morgan fingerprint density at radius 1 is 0.933 bits per heavy atom. The van der Waals surface area contributed by atoms with Crippen LogP contribution < -0.4 is 15.9 Å². The molecule has 0 saturated carbocycles. The summed E-state index contributed by atoms with van der Waals surface area (Å²) in [6.07, 6.45) is 0. The van der Waals surface area contributed by atoms with Crippen molar-refractivity contribution in [2.75, 3.05) is 0 Å². The van der Waals surface area contributed by atoms with Crippen LogP contribution in [0.4, 0.5) is 0 Å². The molecular formula is C20H18N4O4S2. The lowest BCUT2D eigenvalue weighted by atomic mass is 9.85. The van der Waals surface area contributed by atoms with Gasteiger partial charge in [0, 0.05) is 18.7 Å². The molecule has 10 heteroatoms. The van der Waals surface area contributed by atoms with Gasteiger partial charge in [0.25, 0.3) is 11.1 Å². The van der Waals surface area contributed by atoms with Gasteiger partial charge >= 0.3 is 0 Å². The van der Waals surface area contributed by atoms with Crippen LogP contribution in [0, 0.1) is 9.54 Å². The molecule has 30 heavy (non-hydrogen) atoms. The van der Waals surface area contributed by atoms with Crippen molar-refractivity contribution in [1.82, 2.24) is 19.1 Å². The first-order valence-electron chi connectivity index (χ1n) is 9.40. The predicted molar refractivity (Wildman–Crippen MR) is 116 cm³/mol. The van der Waals surface area contributed by atoms with E-state index in [4.69, 9.17) is 29.2 Å². The van der Waals surface area contributed by atoms with Crippen LogP contribution in [0.2, 0.25) is 0 Å². The number of benzene rings is 1. The van der Waals surface area contributed by atoms with E-state index in [1.165, 1.54) is 0 Å². The topological polar surface area (TPSA) is 102 Å². The Balaban J connectivity index is 2.14. The van der Waals surface area contributed by atoms with Crippen LogP contribution in [-0.4, -0.2) is 24.9 Å². The number of fused-ring (bicyclic) bond motifs is 2. The molecule has 0 fully saturated rings. The highest BCUT2D eigenvalue weighted by molar-refractivity contribution is 7.71. The number of ketones is 1. The minimum Gasteiger partial charge on any atom is -0.423 e. The van der Waals surface area contributed by atoms with E-state index in [-0.39, 0.29) is 32.4 Å². The molecule has 0 aliphatic carbocycles. The standard InChI is InChI=1S/C20H18N4O4S2/c1-3-23-17-12(15(26)21-19(23)29)11(14(25)10-8-6-5-7-9-10)13-16(27)22-20(30)24(4-2)18(13)28-17/h5-9,11H,3-4H2,1-2H3,(H,21,26,29)(H,22,27,30). The van der Waals surface area contributed by atoms with Gasteiger partial charge in [0.1, 0.15) is 0 Å². The normalized spacial score (nSPS) is 12.7. The third-order valence-corrected chi connectivity index (χ3v) is 5.74. The van der Waals surface area contributed by atoms with E-state index in [0.717, 1.165) is 0 Å². The van der Waals surface area contributed by atoms with Crippen molar-refractivity contribution in [2.24, 2.45) is 0 Å². The lowest BCUT2D eigenvalue weighted by molar-refractivity contribution is 0.0966. The lowest BCUT2D eigenvalue weighted by Crippen LogP contribution is -2.36. The molecular weight excluding hydrogens is 424 g/mol. The Hall–Kier alpha value is -3.11. The number of carbonyl (C=O) groups is 1. The summed E-state index contributed by atoms with van der Waals surface area (Å²) in [7, 11) is 0. The van der Waals surface area contributed by atoms with Gasteiger partial charge in [-0.3, -0.25) is 33.5 Å². The Morgan fingerprint density at radius 2 is 1.40 bits per heavy atom. The zero-order valence-corrected chi connectivity index (χ0v) is 17.9. The zero-order valence-electron chi connectivity index (χ0n) is 16.2. The summed E-state index contributed by atoms with van der Waals surface area (Å²) in [5.41, 5.74) is -0.653. The Morgan fingerprint density at radius 3 is 1.83 bits per heavy atom. The number of hydrogen-bond acceptors (Lipinski definition) is 6. The van der Waals surface area contributed by atoms with E-state index in [0.29, 0.717) is 18.7 Å². The summed E-state index contributed by atoms with van der Waals surface area (Å²) >= 11 is 10.6. The maximum absolute atomic E-state index is 13.6. The summed E-state index contributed by atoms with van der Waals surface area (Å²) in [5.74, 6) is -1.26. The molecule has 4 rings (SSSR count). The van der Waals surface area contributed by atoms with Gasteiger partial charge in [0.05, 0.1) is 17.0 Å². The number of rotatable bonds is 4. The van der Waals surface area contributed by atoms with E-state index < -0.39 is 22.8 Å². The molecule has 1 aliphatic heterocycles. The molecule has 0 unspecified atom stereocenters. The molecule has 8 nitrogen and oxygen atoms in total. The van der Waals surface area contributed by atoms with Crippen molar-refractivity contribution in [2.45, 2.75) is 32.9 Å². The molecule has 1 aliphatic rings. The maximum atomic E-state index is 13.6. The number of nitrogens with zero attached hydrogens (tertiary/aromatic N) is 2. The summed E-state index contributed by atoms with van der Waals surface area (Å²) in [5, 5.41) is 0. The summed E-state index contributed by atoms with van der Waals surface area (Å²) < 4.78 is 9.57. The molecule has 2 aromatic heterocycles. The van der Waals surface area contributed by atoms with Crippen molar-refractivity contribution in [1.29, 1.82) is 0 Å². The molecule has 3 heterocycles. The first-order chi connectivity index (χ1) is 14.4. The van der Waals surface area contributed by atoms with Crippen LogP contribution in [0.5, 0.6) is 11.8 Å². The van der Waals surface area contributed by atoms with Crippen LogP contribution >= 0.6 is 24.4 Å². The molecule has 154 valence electrons. The van der Waals surface area contributed by atoms with E-state index in [1.54, 1.807) is 39.5 Å². The molecule has 2 N–H and O–H groups in total. The van der Waals surface area contributed by atoms with Crippen molar-refractivity contribution in [3.63, 3.8) is 0 Å². The number of aromatic amines is 2. The third kappa shape index (κ3) is 2.99. The highest BCUT2D eigenvalue weighted by atomic mass is 32.1. The number of hydrogen-bond donors (Lipinski definition) is 2. The maximum Gasteiger partial charge on any atom is 0.259 e. The molecule has 0 spiro atoms. The van der Waals surface area contributed by atoms with Crippen molar-refractivity contribution in [3.8, 4) is 11.8 Å². The van der Waals surface area contributed by atoms with E-state index in [1.807, 2.05) is 13.8 Å². The van der Waals surface area contributed by atoms with Crippen LogP contribution in [0.25, 0.3) is 0 Å². The van der Waals surface area contributed by atoms with Gasteiger partial charge in [-0.25, -0.2) is 0 Å². The average Bonchev–Trinajstić information content (AvgIpc) is 2.73. The zero-order chi connectivity index (χ0) is 21.6. The number of ether oxygens (including phenoxy) is 1. The van der Waals surface area contributed by atoms with Gasteiger partial charge in [-0.2, -0.15) is 0 Å². The molecule has 3 aromatic rings. The number of nitrogens with one attached hydrogen (secondary N) is 2. The summed E-state index contributed by atoms with van der Waals surface area (Å²) in [6.45, 7) is 4.47. The van der Waals surface area contributed by atoms with Gasteiger partial charge < -0.3 is 4.74 Å². The van der Waals surface area contributed by atoms with E-state index >= 15 is 0 Å². The summed E-state index contributed by atoms with van der Waals surface area (Å²) in [6, 6.07) is 8.51. The largest absolute Gasteiger partial charge is 0.423 e. The molecule has 0 amide bonds. The first-order valence-corrected chi connectivity index (χ1v) is 10.2. The van der Waals surface area contributed by atoms with Crippen molar-refractivity contribution in [3.05, 3.63) is 77.3 Å². The fraction of sp³-hybridized carbons (Fsp3) is 0.250. The number of carbonyl (C=O) groups excluding carboxylic acids is 1. The second kappa shape index (κ2) is 7.62. The van der Waals surface area contributed by atoms with E-state index in [2.05, 4.69) is 9.97 Å². The van der Waals surface area contributed by atoms with Crippen molar-refractivity contribution < 1.29 is 9.53 Å². The van der Waals surface area contributed by atoms with Gasteiger partial charge in [-0.1, -0.05) is 30.3 Å². The highest BCUT2D eigenvalue weighted by Crippen LogP contribution is 2.42. The SMILES string of the molecule is CCn1c2c(c(=O)[nH]c1=S)C(C(=O)c1ccccc1)c1c(n(CC)c(=S)[nH]c1=O)O2. The van der Waals surface area contributed by atoms with Gasteiger partial charge in [-0.15, -0.1) is 0 Å². The molecule has 0 radical (unpaired) electrons. The van der Waals surface area contributed by atoms with Gasteiger partial charge in [0.2, 0.25) is 11.8 Å². The lowest BCUT2D eigenvalue weighted by Gasteiger charge is -2.29. The fourth-order valence-corrected chi connectivity index (χ4v) is 4.31. The fourth-order valence-electron chi connectivity index (χ4n) is 3.70. The number of H-pyrrole nitrogens is 2. The average molecular weight is 443 g/mol. The van der Waals surface area contributed by atoms with Crippen molar-refractivity contribution >= 4 is 30.2 Å². The smallest absolute Gasteiger partial charge is 0.259 e. The summed E-state index contributed by atoms with van der Waals surface area (Å²) in [4.78, 5) is 44.6. The highest BCUT2D eigenvalue weighted by Gasteiger charge is 2.40.